The van der Waals surface area contributed by atoms with Crippen LogP contribution in [0, 0.1) is 17.8 Å². The second kappa shape index (κ2) is 10.7. The number of pyridine rings is 2. The average Bonchev–Trinajstić information content (AvgIpc) is 3.00. The third-order valence-electron chi connectivity index (χ3n) is 9.99. The van der Waals surface area contributed by atoms with Crippen LogP contribution >= 0.6 is 0 Å². The molecule has 4 fully saturated rings. The molecule has 2 amide bonds. The van der Waals surface area contributed by atoms with Gasteiger partial charge in [0.05, 0.1) is 5.39 Å². The molecular formula is C36H38N4O4. The summed E-state index contributed by atoms with van der Waals surface area (Å²) in [5.41, 5.74) is 2.01. The molecule has 8 nitrogen and oxygen atoms in total. The van der Waals surface area contributed by atoms with E-state index in [-0.39, 0.29) is 28.8 Å². The van der Waals surface area contributed by atoms with Gasteiger partial charge in [0.1, 0.15) is 11.2 Å². The zero-order valence-electron chi connectivity index (χ0n) is 25.1. The standard InChI is InChI=1S/C36H38N4O4/c1-35(2,44)34(43)39-36-18-23-16-25(19-36)30(26(17-23)20-36)38-33(42)24-12-10-22(11-13-24)15-27-21-40(28-7-4-3-5-8-28)32-29(31(27)41)9-6-14-37-32/h3-14,21,23,25-26,30,44H,15-20H2,1-2H3,(H,38,42)(H,39,43)/t23-,25-,26+,30-,36-. The lowest BCUT2D eigenvalue weighted by atomic mass is 9.51. The van der Waals surface area contributed by atoms with Crippen LogP contribution in [-0.2, 0) is 11.2 Å². The quantitative estimate of drug-likeness (QED) is 0.293. The summed E-state index contributed by atoms with van der Waals surface area (Å²) in [6.45, 7) is 3.05. The summed E-state index contributed by atoms with van der Waals surface area (Å²) < 4.78 is 1.96. The summed E-state index contributed by atoms with van der Waals surface area (Å²) in [4.78, 5) is 44.0. The molecule has 4 aliphatic rings. The highest BCUT2D eigenvalue weighted by Gasteiger charge is 2.56. The fraction of sp³-hybridized carbons (Fsp3) is 0.389. The van der Waals surface area contributed by atoms with E-state index in [2.05, 4.69) is 15.6 Å². The predicted molar refractivity (Wildman–Crippen MR) is 169 cm³/mol. The smallest absolute Gasteiger partial charge is 0.251 e. The van der Waals surface area contributed by atoms with Crippen LogP contribution in [0.15, 0.2) is 83.9 Å². The highest BCUT2D eigenvalue weighted by molar-refractivity contribution is 5.94. The molecule has 4 bridgehead atoms. The number of fused-ring (bicyclic) bond motifs is 1. The zero-order chi connectivity index (χ0) is 30.6. The topological polar surface area (TPSA) is 113 Å². The molecule has 8 heteroatoms. The monoisotopic (exact) mass is 590 g/mol. The first-order valence-electron chi connectivity index (χ1n) is 15.6. The number of carbonyl (C=O) groups is 2. The van der Waals surface area contributed by atoms with Crippen molar-refractivity contribution in [2.45, 2.75) is 69.6 Å². The van der Waals surface area contributed by atoms with E-state index in [0.29, 0.717) is 46.3 Å². The highest BCUT2D eigenvalue weighted by Crippen LogP contribution is 2.55. The minimum atomic E-state index is -1.41. The largest absolute Gasteiger partial charge is 0.381 e. The Balaban J connectivity index is 1.06. The molecule has 2 aromatic heterocycles. The number of para-hydroxylation sites is 1. The average molecular weight is 591 g/mol. The molecule has 4 aromatic rings. The summed E-state index contributed by atoms with van der Waals surface area (Å²) >= 11 is 0. The van der Waals surface area contributed by atoms with Gasteiger partial charge in [-0.3, -0.25) is 14.4 Å². The van der Waals surface area contributed by atoms with Crippen molar-refractivity contribution in [3.63, 3.8) is 0 Å². The lowest BCUT2D eigenvalue weighted by molar-refractivity contribution is -0.143. The van der Waals surface area contributed by atoms with Crippen molar-refractivity contribution >= 4 is 22.8 Å². The van der Waals surface area contributed by atoms with Gasteiger partial charge in [-0.2, -0.15) is 0 Å². The normalized spacial score (nSPS) is 25.6. The summed E-state index contributed by atoms with van der Waals surface area (Å²) in [6, 6.07) is 21.1. The van der Waals surface area contributed by atoms with Crippen LogP contribution in [-0.4, -0.2) is 43.7 Å². The molecule has 0 aliphatic heterocycles. The zero-order valence-corrected chi connectivity index (χ0v) is 25.1. The van der Waals surface area contributed by atoms with E-state index in [4.69, 9.17) is 0 Å². The van der Waals surface area contributed by atoms with Crippen LogP contribution in [0.1, 0.15) is 67.4 Å². The van der Waals surface area contributed by atoms with Gasteiger partial charge >= 0.3 is 0 Å². The Labute approximate surface area is 256 Å². The maximum atomic E-state index is 13.4. The van der Waals surface area contributed by atoms with Gasteiger partial charge in [0, 0.05) is 47.2 Å². The molecule has 0 saturated heterocycles. The third-order valence-corrected chi connectivity index (χ3v) is 9.99. The number of aliphatic hydroxyl groups is 1. The van der Waals surface area contributed by atoms with Crippen molar-refractivity contribution in [1.29, 1.82) is 0 Å². The molecule has 4 aliphatic carbocycles. The van der Waals surface area contributed by atoms with Gasteiger partial charge < -0.3 is 20.3 Å². The molecule has 0 radical (unpaired) electrons. The fourth-order valence-corrected chi connectivity index (χ4v) is 8.16. The van der Waals surface area contributed by atoms with Crippen molar-refractivity contribution in [2.75, 3.05) is 0 Å². The van der Waals surface area contributed by atoms with Crippen molar-refractivity contribution in [1.82, 2.24) is 20.2 Å². The molecule has 8 rings (SSSR count). The lowest BCUT2D eigenvalue weighted by Crippen LogP contribution is -2.68. The number of carbonyl (C=O) groups excluding carboxylic acids is 2. The van der Waals surface area contributed by atoms with Crippen LogP contribution in [0.25, 0.3) is 16.7 Å². The lowest BCUT2D eigenvalue weighted by Gasteiger charge is -2.60. The maximum Gasteiger partial charge on any atom is 0.251 e. The van der Waals surface area contributed by atoms with Crippen LogP contribution in [0.3, 0.4) is 0 Å². The Kier molecular flexibility index (Phi) is 6.92. The second-order valence-electron chi connectivity index (χ2n) is 13.7. The molecule has 226 valence electrons. The van der Waals surface area contributed by atoms with Gasteiger partial charge in [-0.1, -0.05) is 30.3 Å². The van der Waals surface area contributed by atoms with Crippen LogP contribution < -0.4 is 16.1 Å². The van der Waals surface area contributed by atoms with E-state index in [1.807, 2.05) is 71.4 Å². The number of aromatic nitrogens is 2. The van der Waals surface area contributed by atoms with Gasteiger partial charge in [0.2, 0.25) is 0 Å². The summed E-state index contributed by atoms with van der Waals surface area (Å²) in [5, 5.41) is 17.3. The number of hydrogen-bond acceptors (Lipinski definition) is 5. The third kappa shape index (κ3) is 5.21. The summed E-state index contributed by atoms with van der Waals surface area (Å²) in [5.74, 6) is 0.743. The molecule has 3 N–H and O–H groups in total. The summed E-state index contributed by atoms with van der Waals surface area (Å²) in [6.07, 6.45) is 8.73. The van der Waals surface area contributed by atoms with Crippen molar-refractivity contribution < 1.29 is 14.7 Å². The van der Waals surface area contributed by atoms with E-state index in [9.17, 15) is 19.5 Å². The molecule has 0 spiro atoms. The minimum Gasteiger partial charge on any atom is -0.381 e. The van der Waals surface area contributed by atoms with Crippen LogP contribution in [0.2, 0.25) is 0 Å². The first-order chi connectivity index (χ1) is 21.1. The molecule has 44 heavy (non-hydrogen) atoms. The van der Waals surface area contributed by atoms with Gasteiger partial charge in [0.25, 0.3) is 11.8 Å². The van der Waals surface area contributed by atoms with Crippen molar-refractivity contribution in [3.8, 4) is 5.69 Å². The Morgan fingerprint density at radius 1 is 0.977 bits per heavy atom. The SMILES string of the molecule is CC(C)(O)C(=O)N[C@]12C[C@@H]3C[C@H](C1)[C@@H](NC(=O)c1ccc(Cc4cn(-c5ccccc5)c5ncccc5c4=O)cc1)[C@@H](C3)C2. The molecule has 2 heterocycles. The Morgan fingerprint density at radius 3 is 2.36 bits per heavy atom. The summed E-state index contributed by atoms with van der Waals surface area (Å²) in [7, 11) is 0. The Hall–Kier alpha value is -4.30. The molecule has 0 unspecified atom stereocenters. The predicted octanol–water partition coefficient (Wildman–Crippen LogP) is 4.54. The Bertz CT molecular complexity index is 1780. The first kappa shape index (κ1) is 28.5. The van der Waals surface area contributed by atoms with Crippen molar-refractivity contribution in [2.24, 2.45) is 17.8 Å². The fourth-order valence-electron chi connectivity index (χ4n) is 8.16. The van der Waals surface area contributed by atoms with E-state index >= 15 is 0 Å². The second-order valence-corrected chi connectivity index (χ2v) is 13.7. The van der Waals surface area contributed by atoms with E-state index in [1.54, 1.807) is 12.3 Å². The van der Waals surface area contributed by atoms with E-state index < -0.39 is 5.60 Å². The molecule has 4 saturated carbocycles. The number of nitrogens with zero attached hydrogens (tertiary/aromatic N) is 2. The number of hydrogen-bond donors (Lipinski definition) is 3. The Morgan fingerprint density at radius 2 is 1.68 bits per heavy atom. The van der Waals surface area contributed by atoms with E-state index in [1.165, 1.54) is 13.8 Å². The highest BCUT2D eigenvalue weighted by atomic mass is 16.3. The number of benzene rings is 2. The molecule has 5 atom stereocenters. The number of nitrogens with one attached hydrogen (secondary N) is 2. The number of rotatable bonds is 7. The van der Waals surface area contributed by atoms with Gasteiger partial charge in [-0.25, -0.2) is 4.98 Å². The van der Waals surface area contributed by atoms with Crippen LogP contribution in [0.4, 0.5) is 0 Å². The van der Waals surface area contributed by atoms with Gasteiger partial charge in [-0.15, -0.1) is 0 Å². The molecular weight excluding hydrogens is 552 g/mol. The number of amides is 2. The minimum absolute atomic E-state index is 0.0412. The molecule has 2 aromatic carbocycles. The maximum absolute atomic E-state index is 13.4. The first-order valence-corrected chi connectivity index (χ1v) is 15.6. The van der Waals surface area contributed by atoms with Crippen LogP contribution in [0.5, 0.6) is 0 Å². The van der Waals surface area contributed by atoms with Gasteiger partial charge in [0.15, 0.2) is 5.43 Å². The van der Waals surface area contributed by atoms with Crippen molar-refractivity contribution in [3.05, 3.63) is 106 Å². The van der Waals surface area contributed by atoms with E-state index in [0.717, 1.165) is 43.4 Å². The van der Waals surface area contributed by atoms with Gasteiger partial charge in [-0.05, 0) is 106 Å².